The third-order valence-corrected chi connectivity index (χ3v) is 4.76. The van der Waals surface area contributed by atoms with Gasteiger partial charge in [-0.3, -0.25) is 14.4 Å². The number of nitrogens with zero attached hydrogens (tertiary/aromatic N) is 1. The highest BCUT2D eigenvalue weighted by Gasteiger charge is 2.11. The van der Waals surface area contributed by atoms with Crippen molar-refractivity contribution in [2.24, 2.45) is 5.10 Å². The van der Waals surface area contributed by atoms with Gasteiger partial charge < -0.3 is 20.1 Å². The first-order valence-corrected chi connectivity index (χ1v) is 10.9. The average molecular weight is 475 g/mol. The van der Waals surface area contributed by atoms with E-state index in [1.54, 1.807) is 42.5 Å². The van der Waals surface area contributed by atoms with Gasteiger partial charge in [-0.05, 0) is 53.9 Å². The van der Waals surface area contributed by atoms with Crippen molar-refractivity contribution in [2.75, 3.05) is 25.6 Å². The zero-order chi connectivity index (χ0) is 24.9. The number of amides is 3. The van der Waals surface area contributed by atoms with Crippen LogP contribution in [0.4, 0.5) is 5.69 Å². The van der Waals surface area contributed by atoms with E-state index in [0.717, 1.165) is 5.56 Å². The lowest BCUT2D eigenvalue weighted by Gasteiger charge is -2.10. The molecule has 9 nitrogen and oxygen atoms in total. The second-order valence-electron chi connectivity index (χ2n) is 7.30. The van der Waals surface area contributed by atoms with Gasteiger partial charge in [0, 0.05) is 6.54 Å². The molecule has 0 aliphatic rings. The molecule has 0 fully saturated rings. The smallest absolute Gasteiger partial charge is 0.329 e. The van der Waals surface area contributed by atoms with Gasteiger partial charge in [0.15, 0.2) is 6.61 Å². The van der Waals surface area contributed by atoms with Crippen LogP contribution in [0, 0.1) is 0 Å². The summed E-state index contributed by atoms with van der Waals surface area (Å²) in [4.78, 5) is 35.8. The van der Waals surface area contributed by atoms with Gasteiger partial charge in [0.05, 0.1) is 19.0 Å². The highest BCUT2D eigenvalue weighted by atomic mass is 16.5. The number of rotatable bonds is 10. The van der Waals surface area contributed by atoms with E-state index in [4.69, 9.17) is 9.47 Å². The van der Waals surface area contributed by atoms with Crippen molar-refractivity contribution < 1.29 is 23.9 Å². The molecule has 0 aromatic heterocycles. The van der Waals surface area contributed by atoms with Gasteiger partial charge in [-0.25, -0.2) is 5.43 Å². The Labute approximate surface area is 203 Å². The molecule has 0 heterocycles. The number of nitrogens with one attached hydrogen (secondary N) is 3. The summed E-state index contributed by atoms with van der Waals surface area (Å²) in [5.74, 6) is -0.895. The van der Waals surface area contributed by atoms with Crippen LogP contribution in [0.15, 0.2) is 84.0 Å². The van der Waals surface area contributed by atoms with Crippen molar-refractivity contribution in [3.05, 3.63) is 90.0 Å². The highest BCUT2D eigenvalue weighted by molar-refractivity contribution is 6.35. The molecule has 35 heavy (non-hydrogen) atoms. The van der Waals surface area contributed by atoms with Crippen molar-refractivity contribution in [1.82, 2.24) is 10.7 Å². The van der Waals surface area contributed by atoms with Crippen LogP contribution in [0.1, 0.15) is 11.1 Å². The molecule has 0 spiro atoms. The molecule has 3 aromatic rings. The van der Waals surface area contributed by atoms with Crippen LogP contribution in [0.2, 0.25) is 0 Å². The fourth-order valence-corrected chi connectivity index (χ4v) is 2.99. The maximum Gasteiger partial charge on any atom is 0.329 e. The lowest BCUT2D eigenvalue weighted by Crippen LogP contribution is -2.38. The Morgan fingerprint density at radius 1 is 0.886 bits per heavy atom. The molecule has 0 atom stereocenters. The third-order valence-electron chi connectivity index (χ3n) is 4.76. The first-order valence-electron chi connectivity index (χ1n) is 10.9. The number of carbonyl (C=O) groups is 3. The van der Waals surface area contributed by atoms with Gasteiger partial charge >= 0.3 is 11.8 Å². The number of benzene rings is 3. The van der Waals surface area contributed by atoms with E-state index < -0.39 is 11.8 Å². The first-order chi connectivity index (χ1) is 17.0. The molecule has 0 saturated carbocycles. The standard InChI is InChI=1S/C26H26N4O5/c1-34-23-10-6-5-9-22(23)29-24(31)18-35-21-13-11-20(12-14-21)17-28-30-26(33)25(32)27-16-15-19-7-3-2-4-8-19/h2-14,17H,15-16,18H2,1H3,(H,27,32)(H,29,31)(H,30,33)/b28-17-. The van der Waals surface area contributed by atoms with Crippen molar-refractivity contribution in [3.63, 3.8) is 0 Å². The normalized spacial score (nSPS) is 10.4. The van der Waals surface area contributed by atoms with Crippen LogP contribution >= 0.6 is 0 Å². The molecular weight excluding hydrogens is 448 g/mol. The summed E-state index contributed by atoms with van der Waals surface area (Å²) in [6.45, 7) is 0.166. The molecule has 0 aliphatic carbocycles. The highest BCUT2D eigenvalue weighted by Crippen LogP contribution is 2.22. The van der Waals surface area contributed by atoms with Gasteiger partial charge in [0.2, 0.25) is 0 Å². The fourth-order valence-electron chi connectivity index (χ4n) is 2.99. The van der Waals surface area contributed by atoms with Crippen molar-refractivity contribution in [1.29, 1.82) is 0 Å². The van der Waals surface area contributed by atoms with E-state index in [2.05, 4.69) is 21.2 Å². The summed E-state index contributed by atoms with van der Waals surface area (Å²) >= 11 is 0. The van der Waals surface area contributed by atoms with E-state index in [0.29, 0.717) is 35.7 Å². The summed E-state index contributed by atoms with van der Waals surface area (Å²) in [5, 5.41) is 9.07. The number of hydrogen-bond donors (Lipinski definition) is 3. The minimum absolute atomic E-state index is 0.180. The largest absolute Gasteiger partial charge is 0.495 e. The summed E-state index contributed by atoms with van der Waals surface area (Å²) in [5.41, 5.74) is 4.48. The first kappa shape index (κ1) is 25.0. The molecule has 0 bridgehead atoms. The Bertz CT molecular complexity index is 1160. The van der Waals surface area contributed by atoms with E-state index >= 15 is 0 Å². The van der Waals surface area contributed by atoms with Crippen LogP contribution in [0.3, 0.4) is 0 Å². The molecule has 9 heteroatoms. The van der Waals surface area contributed by atoms with Gasteiger partial charge in [0.25, 0.3) is 5.91 Å². The Morgan fingerprint density at radius 3 is 2.34 bits per heavy atom. The number of hydrazone groups is 1. The zero-order valence-electron chi connectivity index (χ0n) is 19.2. The number of anilines is 1. The second kappa shape index (κ2) is 13.1. The molecule has 3 amide bonds. The average Bonchev–Trinajstić information content (AvgIpc) is 2.89. The van der Waals surface area contributed by atoms with Gasteiger partial charge in [-0.2, -0.15) is 5.10 Å². The molecule has 0 saturated heterocycles. The van der Waals surface area contributed by atoms with Crippen LogP contribution in [-0.2, 0) is 20.8 Å². The summed E-state index contributed by atoms with van der Waals surface area (Å²) in [7, 11) is 1.53. The minimum Gasteiger partial charge on any atom is -0.495 e. The number of methoxy groups -OCH3 is 1. The summed E-state index contributed by atoms with van der Waals surface area (Å²) in [6.07, 6.45) is 2.02. The molecule has 0 aliphatic heterocycles. The van der Waals surface area contributed by atoms with Crippen LogP contribution < -0.4 is 25.5 Å². The monoisotopic (exact) mass is 474 g/mol. The molecule has 0 radical (unpaired) electrons. The number of ether oxygens (including phenoxy) is 2. The van der Waals surface area contributed by atoms with E-state index in [1.807, 2.05) is 36.4 Å². The topological polar surface area (TPSA) is 118 Å². The van der Waals surface area contributed by atoms with Crippen LogP contribution in [0.25, 0.3) is 0 Å². The Morgan fingerprint density at radius 2 is 1.60 bits per heavy atom. The number of carbonyl (C=O) groups excluding carboxylic acids is 3. The molecule has 3 N–H and O–H groups in total. The summed E-state index contributed by atoms with van der Waals surface area (Å²) in [6, 6.07) is 23.4. The zero-order valence-corrected chi connectivity index (χ0v) is 19.2. The van der Waals surface area contributed by atoms with Crippen molar-refractivity contribution in [3.8, 4) is 11.5 Å². The minimum atomic E-state index is -0.852. The second-order valence-corrected chi connectivity index (χ2v) is 7.30. The van der Waals surface area contributed by atoms with Crippen LogP contribution in [0.5, 0.6) is 11.5 Å². The van der Waals surface area contributed by atoms with Crippen molar-refractivity contribution in [2.45, 2.75) is 6.42 Å². The third kappa shape index (κ3) is 8.32. The molecule has 0 unspecified atom stereocenters. The maximum atomic E-state index is 12.1. The lowest BCUT2D eigenvalue weighted by atomic mass is 10.1. The van der Waals surface area contributed by atoms with E-state index in [9.17, 15) is 14.4 Å². The predicted molar refractivity (Wildman–Crippen MR) is 132 cm³/mol. The van der Waals surface area contributed by atoms with Gasteiger partial charge in [-0.1, -0.05) is 42.5 Å². The van der Waals surface area contributed by atoms with Gasteiger partial charge in [-0.15, -0.1) is 0 Å². The predicted octanol–water partition coefficient (Wildman–Crippen LogP) is 2.52. The Balaban J connectivity index is 1.38. The Hall–Kier alpha value is -4.66. The van der Waals surface area contributed by atoms with E-state index in [-0.39, 0.29) is 12.5 Å². The molecule has 3 aromatic carbocycles. The van der Waals surface area contributed by atoms with Crippen LogP contribution in [-0.4, -0.2) is 44.2 Å². The number of para-hydroxylation sites is 2. The fraction of sp³-hybridized carbons (Fsp3) is 0.154. The molecular formula is C26H26N4O5. The van der Waals surface area contributed by atoms with Gasteiger partial charge in [0.1, 0.15) is 11.5 Å². The molecule has 3 rings (SSSR count). The lowest BCUT2D eigenvalue weighted by molar-refractivity contribution is -0.139. The SMILES string of the molecule is COc1ccccc1NC(=O)COc1ccc(/C=N\NC(=O)C(=O)NCCc2ccccc2)cc1. The number of hydrogen-bond acceptors (Lipinski definition) is 6. The summed E-state index contributed by atoms with van der Waals surface area (Å²) < 4.78 is 10.7. The van der Waals surface area contributed by atoms with E-state index in [1.165, 1.54) is 13.3 Å². The van der Waals surface area contributed by atoms with Crippen molar-refractivity contribution >= 4 is 29.6 Å². The quantitative estimate of drug-likeness (QED) is 0.237. The molecule has 180 valence electrons. The maximum absolute atomic E-state index is 12.1. The Kier molecular flexibility index (Phi) is 9.38.